The number of halogens is 1. The van der Waals surface area contributed by atoms with Gasteiger partial charge in [-0.3, -0.25) is 10.1 Å². The summed E-state index contributed by atoms with van der Waals surface area (Å²) in [5.74, 6) is 0. The summed E-state index contributed by atoms with van der Waals surface area (Å²) in [6.45, 7) is 3.81. The van der Waals surface area contributed by atoms with Gasteiger partial charge in [0.15, 0.2) is 0 Å². The van der Waals surface area contributed by atoms with Gasteiger partial charge in [0.05, 0.1) is 27.3 Å². The molecule has 0 N–H and O–H groups in total. The van der Waals surface area contributed by atoms with Crippen molar-refractivity contribution in [2.45, 2.75) is 18.7 Å². The van der Waals surface area contributed by atoms with E-state index in [0.717, 1.165) is 11.3 Å². The zero-order valence-corrected chi connectivity index (χ0v) is 11.5. The molecule has 0 fully saturated rings. The Balaban J connectivity index is 2.48. The number of aromatic nitrogens is 3. The summed E-state index contributed by atoms with van der Waals surface area (Å²) in [5, 5.41) is 18.7. The van der Waals surface area contributed by atoms with E-state index in [4.69, 9.17) is 0 Å². The standard InChI is InChI=1S/C11H11BrN4O2/c1-7-3-4-9(16(17)18)5-11(7)15-6-10(8(2)12)13-14-15/h3-6,8H,1-2H3. The van der Waals surface area contributed by atoms with Crippen molar-refractivity contribution in [3.8, 4) is 5.69 Å². The minimum Gasteiger partial charge on any atom is -0.258 e. The normalized spacial score (nSPS) is 12.4. The van der Waals surface area contributed by atoms with Crippen LogP contribution in [0.4, 0.5) is 5.69 Å². The third kappa shape index (κ3) is 2.40. The van der Waals surface area contributed by atoms with Gasteiger partial charge in [-0.1, -0.05) is 27.2 Å². The maximum atomic E-state index is 10.8. The first-order chi connectivity index (χ1) is 8.49. The van der Waals surface area contributed by atoms with E-state index in [9.17, 15) is 10.1 Å². The largest absolute Gasteiger partial charge is 0.271 e. The molecule has 1 aromatic heterocycles. The highest BCUT2D eigenvalue weighted by Gasteiger charge is 2.13. The van der Waals surface area contributed by atoms with E-state index in [-0.39, 0.29) is 10.5 Å². The molecule has 2 rings (SSSR count). The first-order valence-electron chi connectivity index (χ1n) is 5.31. The Labute approximate surface area is 112 Å². The number of non-ortho nitro benzene ring substituents is 1. The van der Waals surface area contributed by atoms with Crippen molar-refractivity contribution in [1.82, 2.24) is 15.0 Å². The smallest absolute Gasteiger partial charge is 0.258 e. The van der Waals surface area contributed by atoms with E-state index in [1.807, 2.05) is 13.8 Å². The number of hydrogen-bond acceptors (Lipinski definition) is 4. The van der Waals surface area contributed by atoms with Crippen LogP contribution in [-0.4, -0.2) is 19.9 Å². The third-order valence-corrected chi connectivity index (χ3v) is 3.04. The van der Waals surface area contributed by atoms with Crippen LogP contribution in [0.3, 0.4) is 0 Å². The van der Waals surface area contributed by atoms with Gasteiger partial charge in [-0.05, 0) is 19.4 Å². The summed E-state index contributed by atoms with van der Waals surface area (Å²) >= 11 is 3.40. The molecular weight excluding hydrogens is 300 g/mol. The highest BCUT2D eigenvalue weighted by atomic mass is 79.9. The lowest BCUT2D eigenvalue weighted by molar-refractivity contribution is -0.384. The molecule has 6 nitrogen and oxygen atoms in total. The highest BCUT2D eigenvalue weighted by molar-refractivity contribution is 9.09. The quantitative estimate of drug-likeness (QED) is 0.496. The number of nitro groups is 1. The van der Waals surface area contributed by atoms with E-state index >= 15 is 0 Å². The van der Waals surface area contributed by atoms with Gasteiger partial charge in [0, 0.05) is 12.1 Å². The summed E-state index contributed by atoms with van der Waals surface area (Å²) in [6, 6.07) is 4.67. The number of hydrogen-bond donors (Lipinski definition) is 0. The molecule has 0 amide bonds. The molecule has 0 aliphatic rings. The van der Waals surface area contributed by atoms with Crippen LogP contribution in [0.25, 0.3) is 5.69 Å². The van der Waals surface area contributed by atoms with Gasteiger partial charge in [0.25, 0.3) is 5.69 Å². The van der Waals surface area contributed by atoms with Crippen LogP contribution in [0.15, 0.2) is 24.4 Å². The molecule has 1 unspecified atom stereocenters. The molecule has 1 heterocycles. The van der Waals surface area contributed by atoms with Crippen LogP contribution in [0.2, 0.25) is 0 Å². The zero-order valence-electron chi connectivity index (χ0n) is 9.87. The van der Waals surface area contributed by atoms with Gasteiger partial charge >= 0.3 is 0 Å². The Bertz CT molecular complexity index is 594. The molecule has 1 aromatic carbocycles. The molecule has 0 aliphatic carbocycles. The van der Waals surface area contributed by atoms with Crippen LogP contribution in [0, 0.1) is 17.0 Å². The maximum Gasteiger partial charge on any atom is 0.271 e. The van der Waals surface area contributed by atoms with E-state index in [1.165, 1.54) is 12.1 Å². The predicted octanol–water partition coefficient (Wildman–Crippen LogP) is 2.94. The number of nitrogens with zero attached hydrogens (tertiary/aromatic N) is 4. The third-order valence-electron chi connectivity index (χ3n) is 2.57. The zero-order chi connectivity index (χ0) is 13.3. The molecular formula is C11H11BrN4O2. The van der Waals surface area contributed by atoms with Gasteiger partial charge in [-0.25, -0.2) is 4.68 Å². The van der Waals surface area contributed by atoms with Crippen LogP contribution < -0.4 is 0 Å². The minimum absolute atomic E-state index is 0.0412. The van der Waals surface area contributed by atoms with Crippen LogP contribution in [-0.2, 0) is 0 Å². The topological polar surface area (TPSA) is 73.8 Å². The van der Waals surface area contributed by atoms with Gasteiger partial charge < -0.3 is 0 Å². The number of aryl methyl sites for hydroxylation is 1. The van der Waals surface area contributed by atoms with Crippen molar-refractivity contribution in [2.75, 3.05) is 0 Å². The summed E-state index contributed by atoms with van der Waals surface area (Å²) in [4.78, 5) is 10.4. The fourth-order valence-corrected chi connectivity index (χ4v) is 1.74. The Morgan fingerprint density at radius 2 is 2.22 bits per heavy atom. The van der Waals surface area contributed by atoms with Crippen LogP contribution in [0.5, 0.6) is 0 Å². The van der Waals surface area contributed by atoms with E-state index in [2.05, 4.69) is 26.2 Å². The van der Waals surface area contributed by atoms with Crippen molar-refractivity contribution in [3.05, 3.63) is 45.8 Å². The average Bonchev–Trinajstić information content (AvgIpc) is 2.78. The second-order valence-corrected chi connectivity index (χ2v) is 5.31. The number of benzene rings is 1. The Hall–Kier alpha value is -1.76. The number of nitro benzene ring substituents is 1. The van der Waals surface area contributed by atoms with Gasteiger partial charge in [-0.15, -0.1) is 5.10 Å². The Morgan fingerprint density at radius 1 is 1.50 bits per heavy atom. The Kier molecular flexibility index (Phi) is 3.42. The summed E-state index contributed by atoms with van der Waals surface area (Å²) in [7, 11) is 0. The first-order valence-corrected chi connectivity index (χ1v) is 6.22. The second-order valence-electron chi connectivity index (χ2n) is 3.93. The van der Waals surface area contributed by atoms with Crippen molar-refractivity contribution in [2.24, 2.45) is 0 Å². The fraction of sp³-hybridized carbons (Fsp3) is 0.273. The molecule has 2 aromatic rings. The minimum atomic E-state index is -0.423. The van der Waals surface area contributed by atoms with Gasteiger partial charge in [0.2, 0.25) is 0 Å². The molecule has 0 aliphatic heterocycles. The monoisotopic (exact) mass is 310 g/mol. The molecule has 94 valence electrons. The summed E-state index contributed by atoms with van der Waals surface area (Å²) in [5.41, 5.74) is 2.39. The van der Waals surface area contributed by atoms with Gasteiger partial charge in [-0.2, -0.15) is 0 Å². The number of rotatable bonds is 3. The lowest BCUT2D eigenvalue weighted by Crippen LogP contribution is -1.99. The summed E-state index contributed by atoms with van der Waals surface area (Å²) in [6.07, 6.45) is 1.76. The first kappa shape index (κ1) is 12.7. The average molecular weight is 311 g/mol. The van der Waals surface area contributed by atoms with E-state index in [0.29, 0.717) is 5.69 Å². The predicted molar refractivity (Wildman–Crippen MR) is 70.1 cm³/mol. The fourth-order valence-electron chi connectivity index (χ4n) is 1.53. The summed E-state index contributed by atoms with van der Waals surface area (Å²) < 4.78 is 1.55. The molecule has 0 spiro atoms. The maximum absolute atomic E-state index is 10.8. The van der Waals surface area contributed by atoms with Crippen molar-refractivity contribution >= 4 is 21.6 Å². The second kappa shape index (κ2) is 4.85. The van der Waals surface area contributed by atoms with Crippen LogP contribution >= 0.6 is 15.9 Å². The molecule has 0 saturated carbocycles. The van der Waals surface area contributed by atoms with Crippen molar-refractivity contribution < 1.29 is 4.92 Å². The highest BCUT2D eigenvalue weighted by Crippen LogP contribution is 2.23. The van der Waals surface area contributed by atoms with E-state index in [1.54, 1.807) is 16.9 Å². The Morgan fingerprint density at radius 3 is 2.78 bits per heavy atom. The van der Waals surface area contributed by atoms with Crippen molar-refractivity contribution in [3.63, 3.8) is 0 Å². The van der Waals surface area contributed by atoms with Crippen molar-refractivity contribution in [1.29, 1.82) is 0 Å². The molecule has 0 bridgehead atoms. The van der Waals surface area contributed by atoms with Crippen LogP contribution in [0.1, 0.15) is 23.0 Å². The lowest BCUT2D eigenvalue weighted by atomic mass is 10.2. The molecule has 0 radical (unpaired) electrons. The molecule has 7 heteroatoms. The molecule has 0 saturated heterocycles. The van der Waals surface area contributed by atoms with Gasteiger partial charge in [0.1, 0.15) is 0 Å². The SMILES string of the molecule is Cc1ccc([N+](=O)[O-])cc1-n1cc(C(C)Br)nn1. The van der Waals surface area contributed by atoms with E-state index < -0.39 is 4.92 Å². The number of alkyl halides is 1. The molecule has 1 atom stereocenters. The molecule has 18 heavy (non-hydrogen) atoms. The lowest BCUT2D eigenvalue weighted by Gasteiger charge is -2.04.